The molecule has 2 rings (SSSR count). The molecule has 0 bridgehead atoms. The Morgan fingerprint density at radius 1 is 1.14 bits per heavy atom. The minimum Gasteiger partial charge on any atom is -0.0766 e. The summed E-state index contributed by atoms with van der Waals surface area (Å²) in [5.41, 5.74) is 4.45. The van der Waals surface area contributed by atoms with Gasteiger partial charge in [0.2, 0.25) is 0 Å². The number of hydrogen-bond acceptors (Lipinski definition) is 0. The summed E-state index contributed by atoms with van der Waals surface area (Å²) >= 11 is 0. The summed E-state index contributed by atoms with van der Waals surface area (Å²) in [6.45, 7) is 9.44. The van der Waals surface area contributed by atoms with Gasteiger partial charge >= 0.3 is 0 Å². The lowest BCUT2D eigenvalue weighted by Gasteiger charge is -2.18. The molecule has 0 radical (unpaired) electrons. The molecule has 0 heterocycles. The maximum absolute atomic E-state index is 2.42. The van der Waals surface area contributed by atoms with Gasteiger partial charge in [0, 0.05) is 0 Å². The van der Waals surface area contributed by atoms with E-state index in [9.17, 15) is 0 Å². The lowest BCUT2D eigenvalue weighted by molar-refractivity contribution is 1.31. The second-order valence-corrected chi connectivity index (χ2v) is 10.3. The summed E-state index contributed by atoms with van der Waals surface area (Å²) in [7, 11) is -1.13. The SMILES string of the molecule is CC1=CCc2ccc([Si](C)(C)C)cc21. The van der Waals surface area contributed by atoms with E-state index >= 15 is 0 Å². The highest BCUT2D eigenvalue weighted by atomic mass is 28.3. The molecule has 1 aromatic rings. The van der Waals surface area contributed by atoms with Crippen LogP contribution in [0.3, 0.4) is 0 Å². The molecular weight excluding hydrogens is 184 g/mol. The van der Waals surface area contributed by atoms with Crippen molar-refractivity contribution in [1.29, 1.82) is 0 Å². The zero-order valence-corrected chi connectivity index (χ0v) is 10.5. The van der Waals surface area contributed by atoms with E-state index in [1.165, 1.54) is 16.7 Å². The number of fused-ring (bicyclic) bond motifs is 1. The Kier molecular flexibility index (Phi) is 2.15. The predicted molar refractivity (Wildman–Crippen MR) is 66.8 cm³/mol. The Morgan fingerprint density at radius 3 is 2.50 bits per heavy atom. The van der Waals surface area contributed by atoms with Gasteiger partial charge in [0.25, 0.3) is 0 Å². The first-order chi connectivity index (χ1) is 6.48. The van der Waals surface area contributed by atoms with Gasteiger partial charge < -0.3 is 0 Å². The van der Waals surface area contributed by atoms with Crippen molar-refractivity contribution in [2.24, 2.45) is 0 Å². The van der Waals surface area contributed by atoms with Crippen LogP contribution in [0.1, 0.15) is 18.1 Å². The predicted octanol–water partition coefficient (Wildman–Crippen LogP) is 3.19. The van der Waals surface area contributed by atoms with Crippen molar-refractivity contribution < 1.29 is 0 Å². The smallest absolute Gasteiger partial charge is 0.0766 e. The molecule has 0 spiro atoms. The first-order valence-corrected chi connectivity index (χ1v) is 8.79. The maximum Gasteiger partial charge on any atom is 0.0776 e. The van der Waals surface area contributed by atoms with Gasteiger partial charge in [-0.15, -0.1) is 0 Å². The Bertz CT molecular complexity index is 394. The molecule has 0 atom stereocenters. The largest absolute Gasteiger partial charge is 0.0776 e. The number of hydrogen-bond donors (Lipinski definition) is 0. The van der Waals surface area contributed by atoms with Crippen LogP contribution in [0.2, 0.25) is 19.6 Å². The topological polar surface area (TPSA) is 0 Å². The van der Waals surface area contributed by atoms with Crippen LogP contribution in [0.25, 0.3) is 5.57 Å². The molecule has 1 aliphatic carbocycles. The van der Waals surface area contributed by atoms with E-state index in [0.717, 1.165) is 6.42 Å². The molecule has 1 heteroatoms. The minimum absolute atomic E-state index is 1.13. The van der Waals surface area contributed by atoms with E-state index in [1.807, 2.05) is 0 Å². The Labute approximate surface area is 87.7 Å². The molecule has 0 saturated heterocycles. The van der Waals surface area contributed by atoms with Gasteiger partial charge in [-0.3, -0.25) is 0 Å². The van der Waals surface area contributed by atoms with Crippen LogP contribution >= 0.6 is 0 Å². The highest BCUT2D eigenvalue weighted by Crippen LogP contribution is 2.26. The second kappa shape index (κ2) is 3.09. The summed E-state index contributed by atoms with van der Waals surface area (Å²) in [6.07, 6.45) is 3.46. The third-order valence-electron chi connectivity index (χ3n) is 3.03. The van der Waals surface area contributed by atoms with Crippen LogP contribution in [0.4, 0.5) is 0 Å². The molecule has 0 saturated carbocycles. The fraction of sp³-hybridized carbons (Fsp3) is 0.385. The third-order valence-corrected chi connectivity index (χ3v) is 5.07. The number of rotatable bonds is 1. The summed E-state index contributed by atoms with van der Waals surface area (Å²) in [6, 6.07) is 7.06. The molecular formula is C13H18Si. The molecule has 0 unspecified atom stereocenters. The number of benzene rings is 1. The maximum atomic E-state index is 2.42. The van der Waals surface area contributed by atoms with Gasteiger partial charge in [-0.05, 0) is 30.0 Å². The fourth-order valence-electron chi connectivity index (χ4n) is 1.96. The Hall–Kier alpha value is -0.823. The molecule has 1 aromatic carbocycles. The highest BCUT2D eigenvalue weighted by molar-refractivity contribution is 6.88. The molecule has 0 aliphatic heterocycles. The molecule has 0 nitrogen and oxygen atoms in total. The van der Waals surface area contributed by atoms with Crippen molar-refractivity contribution in [3.8, 4) is 0 Å². The first kappa shape index (κ1) is 9.72. The van der Waals surface area contributed by atoms with E-state index in [2.05, 4.69) is 50.8 Å². The van der Waals surface area contributed by atoms with Crippen molar-refractivity contribution in [1.82, 2.24) is 0 Å². The lowest BCUT2D eigenvalue weighted by Crippen LogP contribution is -2.37. The molecule has 0 fully saturated rings. The van der Waals surface area contributed by atoms with E-state index in [4.69, 9.17) is 0 Å². The van der Waals surface area contributed by atoms with Gasteiger partial charge in [-0.1, -0.05) is 49.1 Å². The van der Waals surface area contributed by atoms with Gasteiger partial charge in [-0.2, -0.15) is 0 Å². The third kappa shape index (κ3) is 1.57. The van der Waals surface area contributed by atoms with E-state index in [0.29, 0.717) is 0 Å². The van der Waals surface area contributed by atoms with E-state index < -0.39 is 8.07 Å². The highest BCUT2D eigenvalue weighted by Gasteiger charge is 2.19. The monoisotopic (exact) mass is 202 g/mol. The van der Waals surface area contributed by atoms with Crippen molar-refractivity contribution in [3.63, 3.8) is 0 Å². The fourth-order valence-corrected chi connectivity index (χ4v) is 3.12. The van der Waals surface area contributed by atoms with E-state index in [1.54, 1.807) is 5.19 Å². The van der Waals surface area contributed by atoms with E-state index in [-0.39, 0.29) is 0 Å². The summed E-state index contributed by atoms with van der Waals surface area (Å²) in [5, 5.41) is 1.57. The molecule has 1 aliphatic rings. The van der Waals surface area contributed by atoms with Crippen LogP contribution in [0, 0.1) is 0 Å². The molecule has 14 heavy (non-hydrogen) atoms. The average molecular weight is 202 g/mol. The Morgan fingerprint density at radius 2 is 1.86 bits per heavy atom. The summed E-state index contributed by atoms with van der Waals surface area (Å²) in [5.74, 6) is 0. The van der Waals surface area contributed by atoms with Crippen molar-refractivity contribution >= 4 is 18.8 Å². The van der Waals surface area contributed by atoms with Gasteiger partial charge in [-0.25, -0.2) is 0 Å². The average Bonchev–Trinajstić information content (AvgIpc) is 2.46. The summed E-state index contributed by atoms with van der Waals surface area (Å²) in [4.78, 5) is 0. The standard InChI is InChI=1S/C13H18Si/c1-10-5-6-11-7-8-12(9-13(10)11)14(2,3)4/h5,7-9H,6H2,1-4H3. The quantitative estimate of drug-likeness (QED) is 0.614. The zero-order chi connectivity index (χ0) is 10.3. The second-order valence-electron chi connectivity index (χ2n) is 5.21. The van der Waals surface area contributed by atoms with Crippen molar-refractivity contribution in [3.05, 3.63) is 35.4 Å². The molecule has 0 aromatic heterocycles. The van der Waals surface area contributed by atoms with Crippen molar-refractivity contribution in [2.75, 3.05) is 0 Å². The molecule has 0 amide bonds. The van der Waals surface area contributed by atoms with Gasteiger partial charge in [0.05, 0.1) is 8.07 Å². The first-order valence-electron chi connectivity index (χ1n) is 5.29. The lowest BCUT2D eigenvalue weighted by atomic mass is 10.1. The van der Waals surface area contributed by atoms with Crippen LogP contribution in [0.5, 0.6) is 0 Å². The molecule has 74 valence electrons. The van der Waals surface area contributed by atoms with Crippen LogP contribution in [-0.4, -0.2) is 8.07 Å². The van der Waals surface area contributed by atoms with Crippen molar-refractivity contribution in [2.45, 2.75) is 33.0 Å². The van der Waals surface area contributed by atoms with Gasteiger partial charge in [0.1, 0.15) is 0 Å². The normalized spacial score (nSPS) is 15.3. The van der Waals surface area contributed by atoms with Crippen LogP contribution in [0.15, 0.2) is 24.3 Å². The molecule has 0 N–H and O–H groups in total. The van der Waals surface area contributed by atoms with Crippen LogP contribution in [-0.2, 0) is 6.42 Å². The Balaban J connectivity index is 2.50. The summed E-state index contributed by atoms with van der Waals surface area (Å²) < 4.78 is 0. The zero-order valence-electron chi connectivity index (χ0n) is 9.52. The van der Waals surface area contributed by atoms with Crippen LogP contribution < -0.4 is 5.19 Å². The minimum atomic E-state index is -1.13. The van der Waals surface area contributed by atoms with Gasteiger partial charge in [0.15, 0.2) is 0 Å². The number of allylic oxidation sites excluding steroid dienone is 2.